The number of anilines is 3. The Bertz CT molecular complexity index is 945. The fourth-order valence-electron chi connectivity index (χ4n) is 3.54. The first-order valence-corrected chi connectivity index (χ1v) is 9.36. The first-order chi connectivity index (χ1) is 13.3. The van der Waals surface area contributed by atoms with Crippen LogP contribution in [0.2, 0.25) is 0 Å². The molecule has 0 unspecified atom stereocenters. The molecule has 0 fully saturated rings. The number of aliphatic hydroxyl groups excluding tert-OH is 1. The van der Waals surface area contributed by atoms with Gasteiger partial charge in [0.05, 0.1) is 12.6 Å². The molecule has 140 valence electrons. The number of aromatic nitrogens is 2. The van der Waals surface area contributed by atoms with Crippen LogP contribution in [-0.4, -0.2) is 41.9 Å². The lowest BCUT2D eigenvalue weighted by atomic mass is 10.0. The molecule has 0 aliphatic carbocycles. The van der Waals surface area contributed by atoms with E-state index in [1.54, 1.807) is 7.11 Å². The highest BCUT2D eigenvalue weighted by Gasteiger charge is 2.22. The van der Waals surface area contributed by atoms with Crippen LogP contribution >= 0.6 is 0 Å². The van der Waals surface area contributed by atoms with Gasteiger partial charge in [0, 0.05) is 30.8 Å². The topological polar surface area (TPSA) is 70.5 Å². The van der Waals surface area contributed by atoms with Crippen molar-refractivity contribution >= 4 is 28.4 Å². The van der Waals surface area contributed by atoms with Gasteiger partial charge < -0.3 is 20.1 Å². The fourth-order valence-corrected chi connectivity index (χ4v) is 3.54. The van der Waals surface area contributed by atoms with E-state index in [4.69, 9.17) is 14.8 Å². The zero-order chi connectivity index (χ0) is 18.6. The minimum Gasteiger partial charge on any atom is -0.497 e. The molecule has 0 saturated heterocycles. The zero-order valence-corrected chi connectivity index (χ0v) is 15.5. The van der Waals surface area contributed by atoms with Crippen molar-refractivity contribution in [3.63, 3.8) is 0 Å². The smallest absolute Gasteiger partial charge is 0.225 e. The third kappa shape index (κ3) is 3.53. The van der Waals surface area contributed by atoms with Crippen molar-refractivity contribution in [3.8, 4) is 5.75 Å². The van der Waals surface area contributed by atoms with Gasteiger partial charge in [-0.3, -0.25) is 0 Å². The summed E-state index contributed by atoms with van der Waals surface area (Å²) in [6.07, 6.45) is 2.76. The minimum atomic E-state index is 0.148. The number of aryl methyl sites for hydroxylation is 1. The SMILES string of the molecule is COc1ccc2c(c1)CCCN2c1nc(NCCCO)nc2ccccc12. The highest BCUT2D eigenvalue weighted by atomic mass is 16.5. The number of rotatable bonds is 6. The van der Waals surface area contributed by atoms with Crippen LogP contribution in [0.1, 0.15) is 18.4 Å². The number of ether oxygens (including phenoxy) is 1. The molecule has 4 rings (SSSR count). The van der Waals surface area contributed by atoms with Crippen molar-refractivity contribution in [2.75, 3.05) is 37.0 Å². The Morgan fingerprint density at radius 2 is 2.07 bits per heavy atom. The number of hydrogen-bond donors (Lipinski definition) is 2. The Balaban J connectivity index is 1.79. The van der Waals surface area contributed by atoms with Gasteiger partial charge in [0.15, 0.2) is 0 Å². The van der Waals surface area contributed by atoms with E-state index in [-0.39, 0.29) is 6.61 Å². The molecule has 1 aliphatic rings. The predicted octanol–water partition coefficient (Wildman–Crippen LogP) is 3.52. The van der Waals surface area contributed by atoms with Crippen molar-refractivity contribution in [2.24, 2.45) is 0 Å². The van der Waals surface area contributed by atoms with Gasteiger partial charge in [-0.25, -0.2) is 4.98 Å². The molecule has 2 aromatic carbocycles. The normalized spacial score (nSPS) is 13.5. The van der Waals surface area contributed by atoms with Gasteiger partial charge in [0.25, 0.3) is 0 Å². The average Bonchev–Trinajstić information content (AvgIpc) is 2.72. The molecular weight excluding hydrogens is 340 g/mol. The van der Waals surface area contributed by atoms with E-state index in [0.29, 0.717) is 18.9 Å². The van der Waals surface area contributed by atoms with Crippen LogP contribution in [-0.2, 0) is 6.42 Å². The molecule has 6 nitrogen and oxygen atoms in total. The van der Waals surface area contributed by atoms with Crippen LogP contribution in [0, 0.1) is 0 Å². The number of aliphatic hydroxyl groups is 1. The van der Waals surface area contributed by atoms with E-state index in [2.05, 4.69) is 33.4 Å². The molecule has 0 radical (unpaired) electrons. The van der Waals surface area contributed by atoms with E-state index >= 15 is 0 Å². The minimum absolute atomic E-state index is 0.148. The summed E-state index contributed by atoms with van der Waals surface area (Å²) in [5.74, 6) is 2.39. The fraction of sp³-hybridized carbons (Fsp3) is 0.333. The largest absolute Gasteiger partial charge is 0.497 e. The van der Waals surface area contributed by atoms with Crippen molar-refractivity contribution in [1.29, 1.82) is 0 Å². The van der Waals surface area contributed by atoms with E-state index < -0.39 is 0 Å². The van der Waals surface area contributed by atoms with Crippen LogP contribution in [0.15, 0.2) is 42.5 Å². The summed E-state index contributed by atoms with van der Waals surface area (Å²) in [5, 5.41) is 13.3. The van der Waals surface area contributed by atoms with E-state index in [1.807, 2.05) is 24.3 Å². The summed E-state index contributed by atoms with van der Waals surface area (Å²) in [5.41, 5.74) is 3.36. The lowest BCUT2D eigenvalue weighted by molar-refractivity contribution is 0.292. The summed E-state index contributed by atoms with van der Waals surface area (Å²) in [6.45, 7) is 1.70. The molecule has 27 heavy (non-hydrogen) atoms. The molecule has 1 aliphatic heterocycles. The summed E-state index contributed by atoms with van der Waals surface area (Å²) in [4.78, 5) is 11.7. The third-order valence-corrected chi connectivity index (χ3v) is 4.86. The molecule has 0 bridgehead atoms. The number of benzene rings is 2. The van der Waals surface area contributed by atoms with Crippen molar-refractivity contribution < 1.29 is 9.84 Å². The predicted molar refractivity (Wildman–Crippen MR) is 108 cm³/mol. The van der Waals surface area contributed by atoms with Crippen LogP contribution < -0.4 is 15.0 Å². The van der Waals surface area contributed by atoms with Gasteiger partial charge in [0.2, 0.25) is 5.95 Å². The Kier molecular flexibility index (Phi) is 5.07. The molecule has 1 aromatic heterocycles. The maximum absolute atomic E-state index is 9.03. The molecule has 2 heterocycles. The molecule has 2 N–H and O–H groups in total. The second-order valence-corrected chi connectivity index (χ2v) is 6.64. The molecule has 0 amide bonds. The zero-order valence-electron chi connectivity index (χ0n) is 15.5. The first kappa shape index (κ1) is 17.5. The number of fused-ring (bicyclic) bond motifs is 2. The van der Waals surface area contributed by atoms with Gasteiger partial charge in [-0.2, -0.15) is 4.98 Å². The summed E-state index contributed by atoms with van der Waals surface area (Å²) < 4.78 is 5.39. The van der Waals surface area contributed by atoms with Gasteiger partial charge >= 0.3 is 0 Å². The molecule has 0 atom stereocenters. The van der Waals surface area contributed by atoms with Gasteiger partial charge in [-0.15, -0.1) is 0 Å². The summed E-state index contributed by atoms with van der Waals surface area (Å²) >= 11 is 0. The molecule has 0 saturated carbocycles. The number of hydrogen-bond acceptors (Lipinski definition) is 6. The second kappa shape index (κ2) is 7.80. The Morgan fingerprint density at radius 3 is 2.93 bits per heavy atom. The monoisotopic (exact) mass is 364 g/mol. The quantitative estimate of drug-likeness (QED) is 0.652. The van der Waals surface area contributed by atoms with Crippen LogP contribution in [0.25, 0.3) is 10.9 Å². The Hall–Kier alpha value is -2.86. The molecule has 0 spiro atoms. The number of nitrogens with one attached hydrogen (secondary N) is 1. The van der Waals surface area contributed by atoms with E-state index in [9.17, 15) is 0 Å². The maximum Gasteiger partial charge on any atom is 0.225 e. The highest BCUT2D eigenvalue weighted by Crippen LogP contribution is 2.37. The first-order valence-electron chi connectivity index (χ1n) is 9.36. The van der Waals surface area contributed by atoms with E-state index in [1.165, 1.54) is 11.3 Å². The Morgan fingerprint density at radius 1 is 1.19 bits per heavy atom. The maximum atomic E-state index is 9.03. The lowest BCUT2D eigenvalue weighted by Gasteiger charge is -2.31. The highest BCUT2D eigenvalue weighted by molar-refractivity contribution is 5.93. The van der Waals surface area contributed by atoms with Crippen molar-refractivity contribution in [3.05, 3.63) is 48.0 Å². The molecular formula is C21H24N4O2. The van der Waals surface area contributed by atoms with Crippen LogP contribution in [0.5, 0.6) is 5.75 Å². The lowest BCUT2D eigenvalue weighted by Crippen LogP contribution is -2.26. The van der Waals surface area contributed by atoms with E-state index in [0.717, 1.165) is 41.9 Å². The molecule has 6 heteroatoms. The molecule has 3 aromatic rings. The summed E-state index contributed by atoms with van der Waals surface area (Å²) in [6, 6.07) is 14.3. The van der Waals surface area contributed by atoms with Crippen LogP contribution in [0.4, 0.5) is 17.5 Å². The second-order valence-electron chi connectivity index (χ2n) is 6.64. The standard InChI is InChI=1S/C21H24N4O2/c1-27-16-9-10-19-15(14-16)6-4-12-25(19)20-17-7-2-3-8-18(17)23-21(24-20)22-11-5-13-26/h2-3,7-10,14,26H,4-6,11-13H2,1H3,(H,22,23,24). The Labute approximate surface area is 158 Å². The van der Waals surface area contributed by atoms with Gasteiger partial charge in [-0.1, -0.05) is 12.1 Å². The number of nitrogens with zero attached hydrogens (tertiary/aromatic N) is 3. The van der Waals surface area contributed by atoms with Crippen molar-refractivity contribution in [1.82, 2.24) is 9.97 Å². The van der Waals surface area contributed by atoms with Gasteiger partial charge in [-0.05, 0) is 55.2 Å². The van der Waals surface area contributed by atoms with Gasteiger partial charge in [0.1, 0.15) is 11.6 Å². The third-order valence-electron chi connectivity index (χ3n) is 4.86. The number of methoxy groups -OCH3 is 1. The van der Waals surface area contributed by atoms with Crippen molar-refractivity contribution in [2.45, 2.75) is 19.3 Å². The number of para-hydroxylation sites is 1. The summed E-state index contributed by atoms with van der Waals surface area (Å²) in [7, 11) is 1.70. The van der Waals surface area contributed by atoms with Crippen LogP contribution in [0.3, 0.4) is 0 Å². The average molecular weight is 364 g/mol.